The maximum Gasteiger partial charge on any atom is 0.270 e. The van der Waals surface area contributed by atoms with E-state index in [4.69, 9.17) is 0 Å². The van der Waals surface area contributed by atoms with E-state index in [9.17, 15) is 4.79 Å². The number of nitrogens with zero attached hydrogens (tertiary/aromatic N) is 2. The van der Waals surface area contributed by atoms with Gasteiger partial charge in [-0.05, 0) is 52.9 Å². The van der Waals surface area contributed by atoms with Gasteiger partial charge in [0.2, 0.25) is 0 Å². The molecule has 0 aliphatic carbocycles. The summed E-state index contributed by atoms with van der Waals surface area (Å²) in [6.07, 6.45) is 3.85. The fraction of sp³-hybridized carbons (Fsp3) is 0.353. The molecule has 1 aliphatic heterocycles. The molecule has 1 aromatic heterocycles. The third-order valence-corrected chi connectivity index (χ3v) is 4.56. The number of rotatable bonds is 2. The third kappa shape index (κ3) is 2.91. The molecule has 21 heavy (non-hydrogen) atoms. The number of benzene rings is 1. The van der Waals surface area contributed by atoms with Crippen LogP contribution < -0.4 is 0 Å². The Morgan fingerprint density at radius 2 is 1.81 bits per heavy atom. The Bertz CT molecular complexity index is 636. The van der Waals surface area contributed by atoms with Gasteiger partial charge < -0.3 is 9.47 Å². The molecule has 2 aromatic rings. The summed E-state index contributed by atoms with van der Waals surface area (Å²) >= 11 is 3.46. The van der Waals surface area contributed by atoms with Gasteiger partial charge in [0, 0.05) is 30.3 Å². The molecule has 0 N–H and O–H groups in total. The Morgan fingerprint density at radius 1 is 1.19 bits per heavy atom. The van der Waals surface area contributed by atoms with Gasteiger partial charge >= 0.3 is 0 Å². The summed E-state index contributed by atoms with van der Waals surface area (Å²) in [5.41, 5.74) is 3.52. The van der Waals surface area contributed by atoms with Crippen molar-refractivity contribution < 1.29 is 4.79 Å². The minimum absolute atomic E-state index is 0.135. The van der Waals surface area contributed by atoms with Crippen LogP contribution in [0, 0.1) is 0 Å². The first-order valence-corrected chi connectivity index (χ1v) is 8.20. The van der Waals surface area contributed by atoms with Gasteiger partial charge in [0.1, 0.15) is 5.69 Å². The van der Waals surface area contributed by atoms with Gasteiger partial charge in [0.15, 0.2) is 0 Å². The Kier molecular flexibility index (Phi) is 4.15. The Hall–Kier alpha value is -1.55. The molecule has 0 radical (unpaired) electrons. The normalized spacial score (nSPS) is 14.7. The third-order valence-electron chi connectivity index (χ3n) is 4.13. The van der Waals surface area contributed by atoms with E-state index >= 15 is 0 Å². The largest absolute Gasteiger partial charge is 0.343 e. The van der Waals surface area contributed by atoms with Gasteiger partial charge in [-0.2, -0.15) is 0 Å². The van der Waals surface area contributed by atoms with Gasteiger partial charge in [0.05, 0.1) is 0 Å². The predicted octanol–water partition coefficient (Wildman–Crippen LogP) is 3.51. The van der Waals surface area contributed by atoms with Crippen molar-refractivity contribution in [2.45, 2.75) is 26.3 Å². The number of fused-ring (bicyclic) bond motifs is 1. The number of hydrogen-bond acceptors (Lipinski definition) is 1. The fourth-order valence-corrected chi connectivity index (χ4v) is 3.41. The highest BCUT2D eigenvalue weighted by atomic mass is 79.9. The molecule has 110 valence electrons. The van der Waals surface area contributed by atoms with E-state index in [-0.39, 0.29) is 5.91 Å². The standard InChI is InChI=1S/C17H19BrN2O/c1-2-19-12-15(18)11-16(19)17(21)20-9-7-13-5-3-4-6-14(13)8-10-20/h3-6,11-12H,2,7-10H2,1H3. The minimum Gasteiger partial charge on any atom is -0.343 e. The van der Waals surface area contributed by atoms with Gasteiger partial charge in [-0.15, -0.1) is 0 Å². The summed E-state index contributed by atoms with van der Waals surface area (Å²) in [6.45, 7) is 4.45. The van der Waals surface area contributed by atoms with Crippen molar-refractivity contribution in [1.29, 1.82) is 0 Å². The maximum absolute atomic E-state index is 12.8. The number of amides is 1. The molecule has 0 saturated carbocycles. The molecule has 2 heterocycles. The second-order valence-electron chi connectivity index (χ2n) is 5.39. The topological polar surface area (TPSA) is 25.2 Å². The van der Waals surface area contributed by atoms with Gasteiger partial charge in [-0.1, -0.05) is 24.3 Å². The molecule has 4 heteroatoms. The molecule has 1 aliphatic rings. The number of carbonyl (C=O) groups excluding carboxylic acids is 1. The van der Waals surface area contributed by atoms with E-state index in [1.807, 2.05) is 21.7 Å². The summed E-state index contributed by atoms with van der Waals surface area (Å²) in [5.74, 6) is 0.135. The van der Waals surface area contributed by atoms with E-state index in [1.54, 1.807) is 0 Å². The summed E-state index contributed by atoms with van der Waals surface area (Å²) in [5, 5.41) is 0. The number of carbonyl (C=O) groups is 1. The van der Waals surface area contributed by atoms with Gasteiger partial charge in [-0.3, -0.25) is 4.79 Å². The summed E-state index contributed by atoms with van der Waals surface area (Å²) < 4.78 is 2.97. The molecular formula is C17H19BrN2O. The first kappa shape index (κ1) is 14.4. The lowest BCUT2D eigenvalue weighted by molar-refractivity contribution is 0.0752. The van der Waals surface area contributed by atoms with Crippen LogP contribution in [0.3, 0.4) is 0 Å². The lowest BCUT2D eigenvalue weighted by Gasteiger charge is -2.21. The minimum atomic E-state index is 0.135. The lowest BCUT2D eigenvalue weighted by Crippen LogP contribution is -2.34. The molecule has 3 rings (SSSR count). The summed E-state index contributed by atoms with van der Waals surface area (Å²) in [6, 6.07) is 10.4. The summed E-state index contributed by atoms with van der Waals surface area (Å²) in [4.78, 5) is 14.8. The number of halogens is 1. The zero-order valence-electron chi connectivity index (χ0n) is 12.2. The Morgan fingerprint density at radius 3 is 2.38 bits per heavy atom. The Labute approximate surface area is 133 Å². The van der Waals surface area contributed by atoms with Crippen LogP contribution in [0.25, 0.3) is 0 Å². The highest BCUT2D eigenvalue weighted by molar-refractivity contribution is 9.10. The average Bonchev–Trinajstić information content (AvgIpc) is 2.75. The van der Waals surface area contributed by atoms with Crippen LogP contribution in [0.1, 0.15) is 28.5 Å². The van der Waals surface area contributed by atoms with Crippen molar-refractivity contribution in [3.8, 4) is 0 Å². The number of hydrogen-bond donors (Lipinski definition) is 0. The highest BCUT2D eigenvalue weighted by Crippen LogP contribution is 2.20. The monoisotopic (exact) mass is 346 g/mol. The molecule has 3 nitrogen and oxygen atoms in total. The SMILES string of the molecule is CCn1cc(Br)cc1C(=O)N1CCc2ccccc2CC1. The van der Waals surface area contributed by atoms with Crippen molar-refractivity contribution in [1.82, 2.24) is 9.47 Å². The van der Waals surface area contributed by atoms with Crippen LogP contribution in [0.4, 0.5) is 0 Å². The van der Waals surface area contributed by atoms with Gasteiger partial charge in [0.25, 0.3) is 5.91 Å². The molecule has 0 spiro atoms. The predicted molar refractivity (Wildman–Crippen MR) is 87.6 cm³/mol. The highest BCUT2D eigenvalue weighted by Gasteiger charge is 2.22. The molecule has 0 atom stereocenters. The Balaban J connectivity index is 1.80. The van der Waals surface area contributed by atoms with E-state index < -0.39 is 0 Å². The summed E-state index contributed by atoms with van der Waals surface area (Å²) in [7, 11) is 0. The van der Waals surface area contributed by atoms with Gasteiger partial charge in [-0.25, -0.2) is 0 Å². The lowest BCUT2D eigenvalue weighted by atomic mass is 10.0. The van der Waals surface area contributed by atoms with Crippen LogP contribution in [0.2, 0.25) is 0 Å². The van der Waals surface area contributed by atoms with E-state index in [2.05, 4.69) is 47.1 Å². The quantitative estimate of drug-likeness (QED) is 0.816. The molecular weight excluding hydrogens is 328 g/mol. The van der Waals surface area contributed by atoms with E-state index in [1.165, 1.54) is 11.1 Å². The second kappa shape index (κ2) is 6.06. The number of aryl methyl sites for hydroxylation is 1. The van der Waals surface area contributed by atoms with Crippen LogP contribution in [-0.4, -0.2) is 28.5 Å². The average molecular weight is 347 g/mol. The van der Waals surface area contributed by atoms with Crippen LogP contribution in [0.5, 0.6) is 0 Å². The second-order valence-corrected chi connectivity index (χ2v) is 6.31. The maximum atomic E-state index is 12.8. The molecule has 1 amide bonds. The zero-order valence-corrected chi connectivity index (χ0v) is 13.8. The van der Waals surface area contributed by atoms with Crippen LogP contribution in [-0.2, 0) is 19.4 Å². The zero-order chi connectivity index (χ0) is 14.8. The fourth-order valence-electron chi connectivity index (χ4n) is 2.95. The molecule has 0 unspecified atom stereocenters. The van der Waals surface area contributed by atoms with Crippen LogP contribution >= 0.6 is 15.9 Å². The number of aromatic nitrogens is 1. The van der Waals surface area contributed by atoms with Crippen molar-refractivity contribution in [3.05, 3.63) is 57.8 Å². The smallest absolute Gasteiger partial charge is 0.270 e. The van der Waals surface area contributed by atoms with Crippen LogP contribution in [0.15, 0.2) is 41.0 Å². The van der Waals surface area contributed by atoms with Crippen molar-refractivity contribution in [2.75, 3.05) is 13.1 Å². The van der Waals surface area contributed by atoms with E-state index in [0.717, 1.165) is 42.6 Å². The molecule has 0 saturated heterocycles. The van der Waals surface area contributed by atoms with Crippen molar-refractivity contribution in [2.24, 2.45) is 0 Å². The van der Waals surface area contributed by atoms with E-state index in [0.29, 0.717) is 0 Å². The first-order valence-electron chi connectivity index (χ1n) is 7.40. The van der Waals surface area contributed by atoms with Crippen molar-refractivity contribution in [3.63, 3.8) is 0 Å². The molecule has 0 fully saturated rings. The molecule has 0 bridgehead atoms. The van der Waals surface area contributed by atoms with Crippen molar-refractivity contribution >= 4 is 21.8 Å². The molecule has 1 aromatic carbocycles. The first-order chi connectivity index (χ1) is 10.2.